The van der Waals surface area contributed by atoms with Gasteiger partial charge in [-0.25, -0.2) is 0 Å². The third kappa shape index (κ3) is 3.68. The zero-order valence-electron chi connectivity index (χ0n) is 12.9. The largest absolute Gasteiger partial charge is 0.460 e. The third-order valence-electron chi connectivity index (χ3n) is 3.26. The third-order valence-corrected chi connectivity index (χ3v) is 3.26. The number of hydrogen-bond donors (Lipinski definition) is 0. The average molecular weight is 417 g/mol. The molecule has 0 N–H and O–H groups in total. The van der Waals surface area contributed by atoms with Gasteiger partial charge in [-0.2, -0.15) is 57.1 Å². The van der Waals surface area contributed by atoms with Crippen molar-refractivity contribution in [2.24, 2.45) is 0 Å². The summed E-state index contributed by atoms with van der Waals surface area (Å²) in [4.78, 5) is 0.810. The molecule has 0 radical (unpaired) electrons. The lowest BCUT2D eigenvalue weighted by Gasteiger charge is -2.39. The van der Waals surface area contributed by atoms with Crippen molar-refractivity contribution in [3.63, 3.8) is 0 Å². The molecule has 0 aliphatic heterocycles. The van der Waals surface area contributed by atoms with Crippen LogP contribution in [-0.2, 0) is 0 Å². The SMILES string of the molecule is CCN(/C=C/C(F)(F)C(F)(F)C(F)(F)C(F)(F)C(F)(F)C(F)(F)F)CC. The van der Waals surface area contributed by atoms with Gasteiger partial charge in [0.2, 0.25) is 0 Å². The summed E-state index contributed by atoms with van der Waals surface area (Å²) in [5, 5.41) is 0. The molecule has 0 saturated heterocycles. The molecule has 0 rings (SSSR count). The molecule has 0 amide bonds. The second-order valence-corrected chi connectivity index (χ2v) is 4.96. The fraction of sp³-hybridized carbons (Fsp3) is 0.833. The summed E-state index contributed by atoms with van der Waals surface area (Å²) in [7, 11) is 0. The molecule has 0 aromatic carbocycles. The average Bonchev–Trinajstić information content (AvgIpc) is 2.46. The highest BCUT2D eigenvalue weighted by molar-refractivity contribution is 5.15. The molecule has 0 fully saturated rings. The van der Waals surface area contributed by atoms with Gasteiger partial charge in [-0.05, 0) is 13.8 Å². The lowest BCUT2D eigenvalue weighted by Crippen LogP contribution is -2.69. The van der Waals surface area contributed by atoms with Crippen molar-refractivity contribution in [2.75, 3.05) is 13.1 Å². The number of rotatable bonds is 8. The first-order valence-electron chi connectivity index (χ1n) is 6.63. The van der Waals surface area contributed by atoms with E-state index >= 15 is 0 Å². The molecule has 0 atom stereocenters. The van der Waals surface area contributed by atoms with Crippen LogP contribution in [-0.4, -0.2) is 53.8 Å². The summed E-state index contributed by atoms with van der Waals surface area (Å²) in [6, 6.07) is 0. The first-order valence-corrected chi connectivity index (χ1v) is 6.63. The molecule has 0 saturated carbocycles. The summed E-state index contributed by atoms with van der Waals surface area (Å²) in [6.45, 7) is 2.37. The predicted molar refractivity (Wildman–Crippen MR) is 62.9 cm³/mol. The minimum absolute atomic E-state index is 0.101. The van der Waals surface area contributed by atoms with Crippen molar-refractivity contribution in [3.8, 4) is 0 Å². The summed E-state index contributed by atoms with van der Waals surface area (Å²) in [5.41, 5.74) is 0. The summed E-state index contributed by atoms with van der Waals surface area (Å²) in [6.07, 6.45) is -8.28. The zero-order chi connectivity index (χ0) is 21.4. The highest BCUT2D eigenvalue weighted by atomic mass is 19.4. The van der Waals surface area contributed by atoms with Gasteiger partial charge >= 0.3 is 35.8 Å². The Labute approximate surface area is 138 Å². The van der Waals surface area contributed by atoms with Crippen molar-refractivity contribution < 1.29 is 57.1 Å². The topological polar surface area (TPSA) is 3.24 Å². The molecular formula is C12H12F13N. The molecule has 26 heavy (non-hydrogen) atoms. The van der Waals surface area contributed by atoms with Crippen LogP contribution >= 0.6 is 0 Å². The van der Waals surface area contributed by atoms with Gasteiger partial charge in [0.25, 0.3) is 0 Å². The number of halogens is 13. The van der Waals surface area contributed by atoms with Crippen LogP contribution < -0.4 is 0 Å². The number of alkyl halides is 13. The van der Waals surface area contributed by atoms with E-state index in [2.05, 4.69) is 0 Å². The quantitative estimate of drug-likeness (QED) is 0.466. The Balaban J connectivity index is 6.16. The van der Waals surface area contributed by atoms with Gasteiger partial charge in [0, 0.05) is 25.4 Å². The van der Waals surface area contributed by atoms with E-state index in [1.54, 1.807) is 0 Å². The monoisotopic (exact) mass is 417 g/mol. The van der Waals surface area contributed by atoms with E-state index in [-0.39, 0.29) is 19.3 Å². The van der Waals surface area contributed by atoms with E-state index in [0.717, 1.165) is 4.90 Å². The van der Waals surface area contributed by atoms with E-state index in [1.807, 2.05) is 0 Å². The Hall–Kier alpha value is -1.37. The lowest BCUT2D eigenvalue weighted by molar-refractivity contribution is -0.436. The standard InChI is InChI=1S/C12H12F13N/c1-3-26(4-2)6-5-7(13,14)8(15,16)9(17,18)10(19,20)11(21,22)12(23,24)25/h5-6H,3-4H2,1-2H3/b6-5+. The maximum absolute atomic E-state index is 13.3. The number of allylic oxidation sites excluding steroid dienone is 1. The van der Waals surface area contributed by atoms with Crippen molar-refractivity contribution >= 4 is 0 Å². The highest BCUT2D eigenvalue weighted by Gasteiger charge is 2.90. The first-order chi connectivity index (χ1) is 11.2. The minimum atomic E-state index is -7.87. The van der Waals surface area contributed by atoms with Gasteiger partial charge in [-0.1, -0.05) is 0 Å². The van der Waals surface area contributed by atoms with Crippen LogP contribution in [0.1, 0.15) is 13.8 Å². The first kappa shape index (κ1) is 24.6. The number of nitrogens with zero attached hydrogens (tertiary/aromatic N) is 1. The summed E-state index contributed by atoms with van der Waals surface area (Å²) < 4.78 is 166. The van der Waals surface area contributed by atoms with Crippen molar-refractivity contribution in [2.45, 2.75) is 49.6 Å². The van der Waals surface area contributed by atoms with Crippen LogP contribution in [0.15, 0.2) is 12.3 Å². The van der Waals surface area contributed by atoms with Gasteiger partial charge < -0.3 is 4.90 Å². The van der Waals surface area contributed by atoms with Crippen LogP contribution in [0.5, 0.6) is 0 Å². The second kappa shape index (κ2) is 6.98. The molecular weight excluding hydrogens is 405 g/mol. The Kier molecular flexibility index (Phi) is 6.61. The second-order valence-electron chi connectivity index (χ2n) is 4.96. The van der Waals surface area contributed by atoms with Crippen LogP contribution in [0.2, 0.25) is 0 Å². The minimum Gasteiger partial charge on any atom is -0.378 e. The van der Waals surface area contributed by atoms with E-state index in [9.17, 15) is 57.1 Å². The van der Waals surface area contributed by atoms with Crippen LogP contribution in [0.3, 0.4) is 0 Å². The van der Waals surface area contributed by atoms with Crippen LogP contribution in [0.25, 0.3) is 0 Å². The Morgan fingerprint density at radius 2 is 0.923 bits per heavy atom. The van der Waals surface area contributed by atoms with Crippen LogP contribution in [0, 0.1) is 0 Å². The Morgan fingerprint density at radius 3 is 1.23 bits per heavy atom. The van der Waals surface area contributed by atoms with Gasteiger partial charge in [0.15, 0.2) is 0 Å². The van der Waals surface area contributed by atoms with Gasteiger partial charge in [-0.3, -0.25) is 0 Å². The molecule has 0 aromatic heterocycles. The molecule has 14 heteroatoms. The van der Waals surface area contributed by atoms with Crippen molar-refractivity contribution in [1.82, 2.24) is 4.90 Å². The molecule has 0 heterocycles. The molecule has 0 aromatic rings. The Bertz CT molecular complexity index is 502. The highest BCUT2D eigenvalue weighted by Crippen LogP contribution is 2.60. The van der Waals surface area contributed by atoms with Crippen molar-refractivity contribution in [1.29, 1.82) is 0 Å². The van der Waals surface area contributed by atoms with E-state index in [4.69, 9.17) is 0 Å². The Morgan fingerprint density at radius 1 is 0.577 bits per heavy atom. The number of hydrogen-bond acceptors (Lipinski definition) is 1. The molecule has 1 nitrogen and oxygen atoms in total. The molecule has 0 spiro atoms. The fourth-order valence-electron chi connectivity index (χ4n) is 1.52. The summed E-state index contributed by atoms with van der Waals surface area (Å²) in [5.74, 6) is -36.8. The fourth-order valence-corrected chi connectivity index (χ4v) is 1.52. The predicted octanol–water partition coefficient (Wildman–Crippen LogP) is 5.58. The molecule has 0 bridgehead atoms. The zero-order valence-corrected chi connectivity index (χ0v) is 12.9. The van der Waals surface area contributed by atoms with Gasteiger partial charge in [0.1, 0.15) is 0 Å². The maximum atomic E-state index is 13.3. The molecule has 0 aliphatic carbocycles. The van der Waals surface area contributed by atoms with E-state index in [0.29, 0.717) is 0 Å². The normalized spacial score (nSPS) is 15.7. The summed E-state index contributed by atoms with van der Waals surface area (Å²) >= 11 is 0. The van der Waals surface area contributed by atoms with E-state index < -0.39 is 41.9 Å². The molecule has 0 aliphatic rings. The van der Waals surface area contributed by atoms with Crippen molar-refractivity contribution in [3.05, 3.63) is 12.3 Å². The maximum Gasteiger partial charge on any atom is 0.460 e. The van der Waals surface area contributed by atoms with E-state index in [1.165, 1.54) is 13.8 Å². The van der Waals surface area contributed by atoms with Crippen LogP contribution in [0.4, 0.5) is 57.1 Å². The molecule has 0 unspecified atom stereocenters. The lowest BCUT2D eigenvalue weighted by atomic mass is 9.94. The van der Waals surface area contributed by atoms with Gasteiger partial charge in [-0.15, -0.1) is 0 Å². The molecule has 156 valence electrons. The smallest absolute Gasteiger partial charge is 0.378 e. The van der Waals surface area contributed by atoms with Gasteiger partial charge in [0.05, 0.1) is 0 Å².